The number of hydrogen-bond donors (Lipinski definition) is 3. The minimum atomic E-state index is -1.27. The molecule has 1 aromatic carbocycles. The van der Waals surface area contributed by atoms with Gasteiger partial charge in [-0.2, -0.15) is 0 Å². The van der Waals surface area contributed by atoms with E-state index in [-0.39, 0.29) is 25.7 Å². The first kappa shape index (κ1) is 22.1. The molecule has 6 atom stereocenters. The summed E-state index contributed by atoms with van der Waals surface area (Å²) in [5.41, 5.74) is 0.945. The Balaban J connectivity index is 2.06. The Labute approximate surface area is 164 Å². The van der Waals surface area contributed by atoms with Gasteiger partial charge < -0.3 is 24.8 Å². The third-order valence-electron chi connectivity index (χ3n) is 4.73. The van der Waals surface area contributed by atoms with Crippen molar-refractivity contribution in [3.8, 4) is 0 Å². The molecule has 0 aromatic heterocycles. The largest absolute Gasteiger partial charge is 0.465 e. The minimum Gasteiger partial charge on any atom is -0.465 e. The molecule has 1 fully saturated rings. The number of carbonyl (C=O) groups is 1. The second-order valence-electron chi connectivity index (χ2n) is 6.81. The highest BCUT2D eigenvalue weighted by molar-refractivity contribution is 6.15. The quantitative estimate of drug-likeness (QED) is 0.439. The molecule has 2 rings (SSSR count). The van der Waals surface area contributed by atoms with Crippen LogP contribution in [-0.4, -0.2) is 75.4 Å². The molecular formula is C19H28ClNO6. The topological polar surface area (TPSA) is 99.5 Å². The molecule has 1 saturated heterocycles. The highest BCUT2D eigenvalue weighted by atomic mass is 35.5. The molecular weight excluding hydrogens is 374 g/mol. The van der Waals surface area contributed by atoms with Crippen LogP contribution in [0.25, 0.3) is 0 Å². The van der Waals surface area contributed by atoms with Crippen molar-refractivity contribution in [3.63, 3.8) is 0 Å². The molecule has 0 spiro atoms. The molecule has 27 heavy (non-hydrogen) atoms. The van der Waals surface area contributed by atoms with Gasteiger partial charge in [0, 0.05) is 6.04 Å². The van der Waals surface area contributed by atoms with Crippen molar-refractivity contribution < 1.29 is 29.6 Å². The number of esters is 1. The first-order chi connectivity index (χ1) is 12.8. The lowest BCUT2D eigenvalue weighted by molar-refractivity contribution is -0.190. The molecule has 3 N–H and O–H groups in total. The molecule has 1 aliphatic rings. The number of ether oxygens (including phenoxy) is 2. The number of hydrogen-bond acceptors (Lipinski definition) is 7. The van der Waals surface area contributed by atoms with Crippen LogP contribution in [0.5, 0.6) is 0 Å². The molecule has 8 heteroatoms. The first-order valence-corrected chi connectivity index (χ1v) is 9.49. The van der Waals surface area contributed by atoms with E-state index in [1.54, 1.807) is 13.8 Å². The molecule has 7 nitrogen and oxygen atoms in total. The number of rotatable bonds is 8. The van der Waals surface area contributed by atoms with E-state index in [4.69, 9.17) is 21.3 Å². The van der Waals surface area contributed by atoms with Crippen molar-refractivity contribution >= 4 is 17.7 Å². The Hall–Kier alpha value is -1.22. The van der Waals surface area contributed by atoms with Crippen LogP contribution in [0.1, 0.15) is 25.8 Å². The summed E-state index contributed by atoms with van der Waals surface area (Å²) in [5, 5.41) is 29.5. The van der Waals surface area contributed by atoms with Gasteiger partial charge in [0.1, 0.15) is 24.4 Å². The van der Waals surface area contributed by atoms with Gasteiger partial charge >= 0.3 is 5.97 Å². The zero-order chi connectivity index (χ0) is 20.0. The van der Waals surface area contributed by atoms with Crippen LogP contribution in [0.2, 0.25) is 0 Å². The maximum absolute atomic E-state index is 12.4. The molecule has 0 amide bonds. The van der Waals surface area contributed by atoms with Crippen molar-refractivity contribution in [1.82, 2.24) is 4.42 Å². The predicted molar refractivity (Wildman–Crippen MR) is 100 cm³/mol. The first-order valence-electron chi connectivity index (χ1n) is 9.15. The summed E-state index contributed by atoms with van der Waals surface area (Å²) >= 11 is 6.49. The normalized spacial score (nSPS) is 28.0. The van der Waals surface area contributed by atoms with Crippen molar-refractivity contribution in [2.75, 3.05) is 13.2 Å². The number of benzene rings is 1. The van der Waals surface area contributed by atoms with E-state index in [1.165, 1.54) is 4.42 Å². The summed E-state index contributed by atoms with van der Waals surface area (Å²) < 4.78 is 12.0. The van der Waals surface area contributed by atoms with Gasteiger partial charge in [0.2, 0.25) is 0 Å². The molecule has 1 aromatic rings. The number of halogens is 1. The van der Waals surface area contributed by atoms with Gasteiger partial charge in [0.15, 0.2) is 0 Å². The summed E-state index contributed by atoms with van der Waals surface area (Å²) in [7, 11) is 0. The number of nitrogens with zero attached hydrogens (tertiary/aromatic N) is 1. The van der Waals surface area contributed by atoms with Crippen LogP contribution >= 0.6 is 11.8 Å². The van der Waals surface area contributed by atoms with Crippen molar-refractivity contribution in [2.45, 2.75) is 63.2 Å². The van der Waals surface area contributed by atoms with E-state index in [0.29, 0.717) is 6.42 Å². The highest BCUT2D eigenvalue weighted by Crippen LogP contribution is 2.24. The van der Waals surface area contributed by atoms with Gasteiger partial charge in [0.05, 0.1) is 19.3 Å². The van der Waals surface area contributed by atoms with Crippen LogP contribution in [0.3, 0.4) is 0 Å². The van der Waals surface area contributed by atoms with Crippen molar-refractivity contribution in [3.05, 3.63) is 35.9 Å². The zero-order valence-electron chi connectivity index (χ0n) is 15.6. The van der Waals surface area contributed by atoms with E-state index in [9.17, 15) is 20.1 Å². The lowest BCUT2D eigenvalue weighted by atomic mass is 9.95. The van der Waals surface area contributed by atoms with Crippen LogP contribution in [0.15, 0.2) is 30.3 Å². The standard InChI is InChI=1S/C19H28ClNO6/c1-3-26-19(25)14(10-13-7-5-4-6-8-13)21(20)12(2)9-16-18(24)17(23)15(22)11-27-16/h4-8,12,14-18,22-24H,3,9-11H2,1-2H3/t12?,14-,15+,16-,17-,18-/m0/s1. The van der Waals surface area contributed by atoms with E-state index in [1.807, 2.05) is 30.3 Å². The van der Waals surface area contributed by atoms with Gasteiger partial charge in [-0.05, 0) is 44.0 Å². The Morgan fingerprint density at radius 1 is 1.30 bits per heavy atom. The van der Waals surface area contributed by atoms with Crippen LogP contribution in [0.4, 0.5) is 0 Å². The van der Waals surface area contributed by atoms with Crippen LogP contribution in [-0.2, 0) is 20.7 Å². The summed E-state index contributed by atoms with van der Waals surface area (Å²) in [6.07, 6.45) is -3.66. The third-order valence-corrected chi connectivity index (χ3v) is 5.30. The fourth-order valence-corrected chi connectivity index (χ4v) is 3.39. The zero-order valence-corrected chi connectivity index (χ0v) is 16.3. The SMILES string of the molecule is CCOC(=O)[C@H](Cc1ccccc1)N(Cl)C(C)C[C@@H]1OC[C@@H](O)[C@H](O)[C@H]1O. The number of aliphatic hydroxyl groups is 3. The lowest BCUT2D eigenvalue weighted by Gasteiger charge is -2.38. The molecule has 0 aliphatic carbocycles. The fraction of sp³-hybridized carbons (Fsp3) is 0.632. The third kappa shape index (κ3) is 5.88. The minimum absolute atomic E-state index is 0.0663. The highest BCUT2D eigenvalue weighted by Gasteiger charge is 2.40. The Morgan fingerprint density at radius 3 is 2.59 bits per heavy atom. The average Bonchev–Trinajstić information content (AvgIpc) is 2.67. The van der Waals surface area contributed by atoms with E-state index < -0.39 is 36.4 Å². The molecule has 0 radical (unpaired) electrons. The molecule has 1 unspecified atom stereocenters. The predicted octanol–water partition coefficient (Wildman–Crippen LogP) is 0.877. The van der Waals surface area contributed by atoms with Crippen molar-refractivity contribution in [1.29, 1.82) is 0 Å². The average molecular weight is 402 g/mol. The Kier molecular flexibility index (Phi) is 8.47. The molecule has 0 bridgehead atoms. The molecule has 1 heterocycles. The van der Waals surface area contributed by atoms with Gasteiger partial charge in [-0.1, -0.05) is 30.3 Å². The Morgan fingerprint density at radius 2 is 1.96 bits per heavy atom. The van der Waals surface area contributed by atoms with Gasteiger partial charge in [-0.3, -0.25) is 4.79 Å². The fourth-order valence-electron chi connectivity index (χ4n) is 3.17. The summed E-state index contributed by atoms with van der Waals surface area (Å²) in [6, 6.07) is 8.43. The monoisotopic (exact) mass is 401 g/mol. The van der Waals surface area contributed by atoms with Gasteiger partial charge in [0.25, 0.3) is 0 Å². The Bertz CT molecular complexity index is 589. The van der Waals surface area contributed by atoms with E-state index in [0.717, 1.165) is 5.56 Å². The van der Waals surface area contributed by atoms with Gasteiger partial charge in [-0.25, -0.2) is 4.42 Å². The molecule has 1 aliphatic heterocycles. The second kappa shape index (κ2) is 10.4. The lowest BCUT2D eigenvalue weighted by Crippen LogP contribution is -2.54. The smallest absolute Gasteiger partial charge is 0.325 e. The molecule has 0 saturated carbocycles. The van der Waals surface area contributed by atoms with Crippen LogP contribution < -0.4 is 0 Å². The van der Waals surface area contributed by atoms with Crippen LogP contribution in [0, 0.1) is 0 Å². The molecule has 152 valence electrons. The summed E-state index contributed by atoms with van der Waals surface area (Å²) in [4.78, 5) is 12.4. The van der Waals surface area contributed by atoms with Crippen molar-refractivity contribution in [2.24, 2.45) is 0 Å². The summed E-state index contributed by atoms with van der Waals surface area (Å²) in [6.45, 7) is 3.72. The maximum atomic E-state index is 12.4. The number of aliphatic hydroxyl groups excluding tert-OH is 3. The van der Waals surface area contributed by atoms with E-state index in [2.05, 4.69) is 0 Å². The summed E-state index contributed by atoms with van der Waals surface area (Å²) in [5.74, 6) is -0.427. The van der Waals surface area contributed by atoms with E-state index >= 15 is 0 Å². The number of carbonyl (C=O) groups excluding carboxylic acids is 1. The van der Waals surface area contributed by atoms with Gasteiger partial charge in [-0.15, -0.1) is 0 Å². The maximum Gasteiger partial charge on any atom is 0.325 e. The second-order valence-corrected chi connectivity index (χ2v) is 7.20.